The molecule has 0 N–H and O–H groups in total. The van der Waals surface area contributed by atoms with Crippen molar-refractivity contribution < 1.29 is 14.0 Å². The van der Waals surface area contributed by atoms with E-state index in [1.54, 1.807) is 12.1 Å². The maximum Gasteiger partial charge on any atom is 0.237 e. The van der Waals surface area contributed by atoms with Crippen molar-refractivity contribution in [3.8, 4) is 0 Å². The summed E-state index contributed by atoms with van der Waals surface area (Å²) < 4.78 is 13.4. The Morgan fingerprint density at radius 1 is 0.952 bits per heavy atom. The maximum atomic E-state index is 13.4. The van der Waals surface area contributed by atoms with Crippen molar-refractivity contribution in [1.29, 1.82) is 0 Å². The second-order valence-corrected chi connectivity index (χ2v) is 7.01. The van der Waals surface area contributed by atoms with Crippen LogP contribution >= 0.6 is 0 Å². The highest BCUT2D eigenvalue weighted by Gasteiger charge is 2.68. The molecule has 3 nitrogen and oxygen atoms in total. The Morgan fingerprint density at radius 2 is 1.57 bits per heavy atom. The van der Waals surface area contributed by atoms with Crippen molar-refractivity contribution in [3.05, 3.63) is 30.1 Å². The van der Waals surface area contributed by atoms with Crippen LogP contribution < -0.4 is 4.90 Å². The average Bonchev–Trinajstić information content (AvgIpc) is 3.24. The van der Waals surface area contributed by atoms with Gasteiger partial charge in [0.1, 0.15) is 5.82 Å². The van der Waals surface area contributed by atoms with E-state index < -0.39 is 5.82 Å². The summed E-state index contributed by atoms with van der Waals surface area (Å²) in [6, 6.07) is 5.83. The number of hydrogen-bond acceptors (Lipinski definition) is 2. The normalized spacial score (nSPS) is 43.0. The summed E-state index contributed by atoms with van der Waals surface area (Å²) >= 11 is 0. The van der Waals surface area contributed by atoms with Crippen LogP contribution in [-0.2, 0) is 9.59 Å². The van der Waals surface area contributed by atoms with Gasteiger partial charge in [0.25, 0.3) is 0 Å². The van der Waals surface area contributed by atoms with Crippen LogP contribution in [0.5, 0.6) is 0 Å². The van der Waals surface area contributed by atoms with Gasteiger partial charge in [-0.05, 0) is 61.1 Å². The Balaban J connectivity index is 1.58. The quantitative estimate of drug-likeness (QED) is 0.744. The van der Waals surface area contributed by atoms with Crippen LogP contribution in [0.1, 0.15) is 19.3 Å². The van der Waals surface area contributed by atoms with Crippen molar-refractivity contribution >= 4 is 17.5 Å². The van der Waals surface area contributed by atoms with Gasteiger partial charge in [-0.2, -0.15) is 0 Å². The number of halogens is 1. The minimum atomic E-state index is -0.409. The fourth-order valence-corrected chi connectivity index (χ4v) is 5.41. The predicted molar refractivity (Wildman–Crippen MR) is 73.7 cm³/mol. The van der Waals surface area contributed by atoms with E-state index in [0.29, 0.717) is 29.4 Å². The minimum absolute atomic E-state index is 0.0874. The van der Waals surface area contributed by atoms with Gasteiger partial charge in [-0.25, -0.2) is 9.29 Å². The van der Waals surface area contributed by atoms with E-state index in [1.165, 1.54) is 23.5 Å². The lowest BCUT2D eigenvalue weighted by Crippen LogP contribution is -2.43. The Kier molecular flexibility index (Phi) is 2.11. The first kappa shape index (κ1) is 11.9. The number of anilines is 1. The third kappa shape index (κ3) is 1.38. The number of benzene rings is 1. The van der Waals surface area contributed by atoms with Gasteiger partial charge in [0.2, 0.25) is 11.8 Å². The summed E-state index contributed by atoms with van der Waals surface area (Å²) in [4.78, 5) is 26.9. The summed E-state index contributed by atoms with van der Waals surface area (Å²) in [5.41, 5.74) is 0.396. The fourth-order valence-electron chi connectivity index (χ4n) is 5.41. The summed E-state index contributed by atoms with van der Waals surface area (Å²) in [7, 11) is 0. The first-order chi connectivity index (χ1) is 10.2. The molecule has 0 radical (unpaired) electrons. The maximum absolute atomic E-state index is 13.4. The summed E-state index contributed by atoms with van der Waals surface area (Å²) in [5, 5.41) is 0. The molecule has 108 valence electrons. The smallest absolute Gasteiger partial charge is 0.237 e. The van der Waals surface area contributed by atoms with E-state index in [2.05, 4.69) is 0 Å². The van der Waals surface area contributed by atoms with Crippen molar-refractivity contribution in [2.24, 2.45) is 35.5 Å². The number of imide groups is 1. The number of rotatable bonds is 1. The second kappa shape index (κ2) is 3.73. The molecule has 1 aromatic carbocycles. The molecule has 4 saturated carbocycles. The van der Waals surface area contributed by atoms with E-state index in [-0.39, 0.29) is 23.7 Å². The van der Waals surface area contributed by atoms with Gasteiger partial charge in [0.05, 0.1) is 17.5 Å². The highest BCUT2D eigenvalue weighted by Crippen LogP contribution is 2.68. The molecule has 5 aliphatic rings. The van der Waals surface area contributed by atoms with Gasteiger partial charge in [-0.3, -0.25) is 9.59 Å². The lowest BCUT2D eigenvalue weighted by atomic mass is 9.59. The lowest BCUT2D eigenvalue weighted by molar-refractivity contribution is -0.129. The van der Waals surface area contributed by atoms with Crippen LogP contribution in [0.25, 0.3) is 0 Å². The van der Waals surface area contributed by atoms with Crippen LogP contribution in [0.3, 0.4) is 0 Å². The lowest BCUT2D eigenvalue weighted by Gasteiger charge is -2.42. The molecule has 0 unspecified atom stereocenters. The van der Waals surface area contributed by atoms with E-state index in [9.17, 15) is 14.0 Å². The average molecular weight is 285 g/mol. The SMILES string of the molecule is O=C1[C@@H]2[C@@H]3CC[C@@H]([C@@H]4C[C@@H]43)[C@@H]2C(=O)N1c1cccc(F)c1. The molecule has 5 fully saturated rings. The number of amides is 2. The Bertz CT molecular complexity index is 639. The number of carbonyl (C=O) groups is 2. The zero-order valence-electron chi connectivity index (χ0n) is 11.5. The van der Waals surface area contributed by atoms with Crippen LogP contribution in [0.2, 0.25) is 0 Å². The number of nitrogens with zero attached hydrogens (tertiary/aromatic N) is 1. The highest BCUT2D eigenvalue weighted by atomic mass is 19.1. The molecule has 1 heterocycles. The Morgan fingerprint density at radius 3 is 2.14 bits per heavy atom. The van der Waals surface area contributed by atoms with Crippen molar-refractivity contribution in [1.82, 2.24) is 0 Å². The van der Waals surface area contributed by atoms with E-state index in [1.807, 2.05) is 0 Å². The third-order valence-corrected chi connectivity index (χ3v) is 6.21. The largest absolute Gasteiger partial charge is 0.274 e. The van der Waals surface area contributed by atoms with Crippen LogP contribution in [0, 0.1) is 41.3 Å². The van der Waals surface area contributed by atoms with Crippen molar-refractivity contribution in [2.45, 2.75) is 19.3 Å². The van der Waals surface area contributed by atoms with Crippen LogP contribution in [0.4, 0.5) is 10.1 Å². The van der Waals surface area contributed by atoms with Gasteiger partial charge in [0, 0.05) is 0 Å². The van der Waals surface area contributed by atoms with Gasteiger partial charge < -0.3 is 0 Å². The summed E-state index contributed by atoms with van der Waals surface area (Å²) in [6.45, 7) is 0. The van der Waals surface area contributed by atoms with E-state index >= 15 is 0 Å². The van der Waals surface area contributed by atoms with Gasteiger partial charge in [0.15, 0.2) is 0 Å². The topological polar surface area (TPSA) is 37.4 Å². The molecule has 4 heteroatoms. The second-order valence-electron chi connectivity index (χ2n) is 7.01. The number of carbonyl (C=O) groups excluding carboxylic acids is 2. The van der Waals surface area contributed by atoms with Crippen molar-refractivity contribution in [3.63, 3.8) is 0 Å². The van der Waals surface area contributed by atoms with Gasteiger partial charge in [-0.1, -0.05) is 6.07 Å². The van der Waals surface area contributed by atoms with Crippen molar-refractivity contribution in [2.75, 3.05) is 4.90 Å². The molecule has 6 rings (SSSR count). The zero-order valence-corrected chi connectivity index (χ0v) is 11.5. The first-order valence-corrected chi connectivity index (χ1v) is 7.80. The number of fused-ring (bicyclic) bond motifs is 1. The predicted octanol–water partition coefficient (Wildman–Crippen LogP) is 2.61. The molecule has 1 saturated heterocycles. The van der Waals surface area contributed by atoms with Crippen LogP contribution in [0.15, 0.2) is 24.3 Å². The Labute approximate surface area is 122 Å². The molecule has 2 bridgehead atoms. The third-order valence-electron chi connectivity index (χ3n) is 6.21. The monoisotopic (exact) mass is 285 g/mol. The summed E-state index contributed by atoms with van der Waals surface area (Å²) in [5.74, 6) is 1.27. The first-order valence-electron chi connectivity index (χ1n) is 7.80. The molecule has 1 aromatic rings. The van der Waals surface area contributed by atoms with Gasteiger partial charge >= 0.3 is 0 Å². The summed E-state index contributed by atoms with van der Waals surface area (Å²) in [6.07, 6.45) is 3.38. The van der Waals surface area contributed by atoms with Crippen LogP contribution in [-0.4, -0.2) is 11.8 Å². The Hall–Kier alpha value is -1.71. The molecular weight excluding hydrogens is 269 g/mol. The standard InChI is InChI=1S/C17H16FNO2/c18-8-2-1-3-9(6-8)19-16(20)14-10-4-5-11(13-7-12(10)13)15(14)17(19)21/h1-3,6,10-15H,4-5,7H2/t10-,11+,12-,13+,14-,15+. The van der Waals surface area contributed by atoms with E-state index in [0.717, 1.165) is 12.8 Å². The fraction of sp³-hybridized carbons (Fsp3) is 0.529. The number of hydrogen-bond donors (Lipinski definition) is 0. The molecule has 6 atom stereocenters. The molecule has 21 heavy (non-hydrogen) atoms. The molecule has 4 aliphatic carbocycles. The molecule has 1 aliphatic heterocycles. The molecule has 0 aromatic heterocycles. The molecular formula is C17H16FNO2. The molecule has 2 amide bonds. The minimum Gasteiger partial charge on any atom is -0.274 e. The van der Waals surface area contributed by atoms with Gasteiger partial charge in [-0.15, -0.1) is 0 Å². The highest BCUT2D eigenvalue weighted by molar-refractivity contribution is 6.22. The zero-order chi connectivity index (χ0) is 14.3. The molecule has 0 spiro atoms. The van der Waals surface area contributed by atoms with E-state index in [4.69, 9.17) is 0 Å².